The molecule has 0 atom stereocenters. The standard InChI is InChI=1S/C17H12Cl2N2O5/c1-26-17(25)12-8-20(7-9-2-3-10(18)11(19)6-9)16(24)14-15(23)13(22)4-5-21(12)14/h2-6,8,23H,7H2,1H3. The first-order valence-corrected chi connectivity index (χ1v) is 8.09. The molecule has 0 bridgehead atoms. The van der Waals surface area contributed by atoms with Gasteiger partial charge in [0, 0.05) is 18.5 Å². The average molecular weight is 395 g/mol. The second-order valence-electron chi connectivity index (χ2n) is 5.43. The molecule has 0 saturated heterocycles. The highest BCUT2D eigenvalue weighted by atomic mass is 35.5. The average Bonchev–Trinajstić information content (AvgIpc) is 2.62. The predicted molar refractivity (Wildman–Crippen MR) is 96.5 cm³/mol. The van der Waals surface area contributed by atoms with E-state index in [9.17, 15) is 19.5 Å². The lowest BCUT2D eigenvalue weighted by molar-refractivity contribution is 0.0591. The van der Waals surface area contributed by atoms with Gasteiger partial charge in [0.05, 0.1) is 23.7 Å². The second-order valence-corrected chi connectivity index (χ2v) is 6.25. The molecule has 0 spiro atoms. The van der Waals surface area contributed by atoms with Crippen molar-refractivity contribution in [1.29, 1.82) is 0 Å². The summed E-state index contributed by atoms with van der Waals surface area (Å²) >= 11 is 11.9. The maximum Gasteiger partial charge on any atom is 0.356 e. The largest absolute Gasteiger partial charge is 0.503 e. The number of methoxy groups -OCH3 is 1. The number of fused-ring (bicyclic) bond motifs is 1. The summed E-state index contributed by atoms with van der Waals surface area (Å²) in [5.41, 5.74) is -1.10. The molecule has 0 amide bonds. The SMILES string of the molecule is COC(=O)c1cn(Cc2ccc(Cl)c(Cl)c2)c(=O)c2c(O)c(=O)ccn12. The van der Waals surface area contributed by atoms with Crippen molar-refractivity contribution in [3.8, 4) is 5.75 Å². The summed E-state index contributed by atoms with van der Waals surface area (Å²) in [5, 5.41) is 10.7. The molecule has 0 aliphatic carbocycles. The number of hydrogen-bond donors (Lipinski definition) is 1. The number of ether oxygens (including phenoxy) is 1. The molecule has 2 heterocycles. The van der Waals surface area contributed by atoms with Gasteiger partial charge in [-0.05, 0) is 17.7 Å². The smallest absolute Gasteiger partial charge is 0.356 e. The van der Waals surface area contributed by atoms with Crippen LogP contribution >= 0.6 is 23.2 Å². The Hall–Kier alpha value is -2.77. The van der Waals surface area contributed by atoms with E-state index in [1.165, 1.54) is 24.1 Å². The van der Waals surface area contributed by atoms with E-state index in [2.05, 4.69) is 0 Å². The minimum absolute atomic E-state index is 0.0301. The molecule has 134 valence electrons. The zero-order valence-electron chi connectivity index (χ0n) is 13.4. The van der Waals surface area contributed by atoms with Crippen LogP contribution < -0.4 is 11.0 Å². The monoisotopic (exact) mass is 394 g/mol. The zero-order valence-corrected chi connectivity index (χ0v) is 14.9. The Morgan fingerprint density at radius 2 is 1.92 bits per heavy atom. The van der Waals surface area contributed by atoms with Gasteiger partial charge >= 0.3 is 5.97 Å². The van der Waals surface area contributed by atoms with Crippen LogP contribution in [0.25, 0.3) is 5.52 Å². The van der Waals surface area contributed by atoms with Crippen molar-refractivity contribution in [2.75, 3.05) is 7.11 Å². The fourth-order valence-corrected chi connectivity index (χ4v) is 2.86. The summed E-state index contributed by atoms with van der Waals surface area (Å²) in [7, 11) is 1.19. The van der Waals surface area contributed by atoms with Crippen LogP contribution in [0.5, 0.6) is 5.75 Å². The van der Waals surface area contributed by atoms with Gasteiger partial charge in [0.25, 0.3) is 5.56 Å². The number of pyridine rings is 1. The number of carbonyl (C=O) groups is 1. The molecule has 3 rings (SSSR count). The molecule has 0 unspecified atom stereocenters. The highest BCUT2D eigenvalue weighted by molar-refractivity contribution is 6.42. The fraction of sp³-hybridized carbons (Fsp3) is 0.118. The molecule has 1 aromatic carbocycles. The molecule has 1 N–H and O–H groups in total. The fourth-order valence-electron chi connectivity index (χ4n) is 2.54. The number of carbonyl (C=O) groups excluding carboxylic acids is 1. The second kappa shape index (κ2) is 6.86. The maximum atomic E-state index is 12.8. The lowest BCUT2D eigenvalue weighted by atomic mass is 10.2. The van der Waals surface area contributed by atoms with Crippen LogP contribution in [-0.4, -0.2) is 27.2 Å². The van der Waals surface area contributed by atoms with Crippen LogP contribution in [0.15, 0.2) is 46.2 Å². The number of halogens is 2. The van der Waals surface area contributed by atoms with Crippen molar-refractivity contribution >= 4 is 34.7 Å². The van der Waals surface area contributed by atoms with Crippen molar-refractivity contribution in [1.82, 2.24) is 8.97 Å². The normalized spacial score (nSPS) is 10.9. The van der Waals surface area contributed by atoms with E-state index < -0.39 is 22.7 Å². The van der Waals surface area contributed by atoms with E-state index in [0.29, 0.717) is 15.6 Å². The van der Waals surface area contributed by atoms with E-state index in [1.54, 1.807) is 18.2 Å². The number of hydrogen-bond acceptors (Lipinski definition) is 5. The van der Waals surface area contributed by atoms with Gasteiger partial charge in [-0.3, -0.25) is 9.59 Å². The number of benzene rings is 1. The zero-order chi connectivity index (χ0) is 19.0. The van der Waals surface area contributed by atoms with Crippen molar-refractivity contribution in [3.05, 3.63) is 78.5 Å². The number of rotatable bonds is 3. The molecular weight excluding hydrogens is 383 g/mol. The summed E-state index contributed by atoms with van der Waals surface area (Å²) in [5.74, 6) is -1.48. The molecule has 0 fully saturated rings. The van der Waals surface area contributed by atoms with Crippen LogP contribution in [0, 0.1) is 0 Å². The molecule has 0 aliphatic rings. The minimum atomic E-state index is -0.744. The van der Waals surface area contributed by atoms with E-state index in [4.69, 9.17) is 27.9 Å². The van der Waals surface area contributed by atoms with Gasteiger partial charge in [-0.15, -0.1) is 0 Å². The molecule has 26 heavy (non-hydrogen) atoms. The molecule has 0 aliphatic heterocycles. The summed E-state index contributed by atoms with van der Waals surface area (Å²) in [4.78, 5) is 36.6. The van der Waals surface area contributed by atoms with E-state index in [1.807, 2.05) is 0 Å². The summed E-state index contributed by atoms with van der Waals surface area (Å²) < 4.78 is 7.02. The topological polar surface area (TPSA) is 90.0 Å². The van der Waals surface area contributed by atoms with Gasteiger partial charge in [0.2, 0.25) is 5.43 Å². The van der Waals surface area contributed by atoms with Gasteiger partial charge in [0.15, 0.2) is 11.3 Å². The van der Waals surface area contributed by atoms with Crippen LogP contribution in [-0.2, 0) is 11.3 Å². The molecule has 3 aromatic rings. The molecular formula is C17H12Cl2N2O5. The van der Waals surface area contributed by atoms with Gasteiger partial charge in [0.1, 0.15) is 5.69 Å². The Morgan fingerprint density at radius 1 is 1.19 bits per heavy atom. The third-order valence-corrected chi connectivity index (χ3v) is 4.55. The maximum absolute atomic E-state index is 12.8. The van der Waals surface area contributed by atoms with Gasteiger partial charge in [-0.25, -0.2) is 4.79 Å². The van der Waals surface area contributed by atoms with E-state index in [-0.39, 0.29) is 17.8 Å². The molecule has 0 radical (unpaired) electrons. The lowest BCUT2D eigenvalue weighted by Gasteiger charge is -2.13. The first kappa shape index (κ1) is 18.0. The van der Waals surface area contributed by atoms with Gasteiger partial charge < -0.3 is 18.8 Å². The number of esters is 1. The third kappa shape index (κ3) is 3.07. The summed E-state index contributed by atoms with van der Waals surface area (Å²) in [6.07, 6.45) is 2.52. The Kier molecular flexibility index (Phi) is 4.76. The lowest BCUT2D eigenvalue weighted by Crippen LogP contribution is -2.27. The minimum Gasteiger partial charge on any atom is -0.503 e. The molecule has 9 heteroatoms. The van der Waals surface area contributed by atoms with E-state index in [0.717, 1.165) is 10.5 Å². The van der Waals surface area contributed by atoms with Crippen molar-refractivity contribution in [2.45, 2.75) is 6.54 Å². The van der Waals surface area contributed by atoms with Crippen molar-refractivity contribution in [3.63, 3.8) is 0 Å². The first-order chi connectivity index (χ1) is 12.3. The Labute approximate surface area is 156 Å². The van der Waals surface area contributed by atoms with Crippen LogP contribution in [0.4, 0.5) is 0 Å². The molecule has 2 aromatic heterocycles. The molecule has 7 nitrogen and oxygen atoms in total. The number of nitrogens with zero attached hydrogens (tertiary/aromatic N) is 2. The number of aromatic hydroxyl groups is 1. The third-order valence-electron chi connectivity index (χ3n) is 3.81. The van der Waals surface area contributed by atoms with Crippen molar-refractivity contribution < 1.29 is 14.6 Å². The van der Waals surface area contributed by atoms with Crippen LogP contribution in [0.2, 0.25) is 10.0 Å². The quantitative estimate of drug-likeness (QED) is 0.688. The van der Waals surface area contributed by atoms with Crippen molar-refractivity contribution in [2.24, 2.45) is 0 Å². The molecule has 0 saturated carbocycles. The summed E-state index contributed by atoms with van der Waals surface area (Å²) in [6.45, 7) is 0.0404. The Morgan fingerprint density at radius 3 is 2.58 bits per heavy atom. The Balaban J connectivity index is 2.28. The Bertz CT molecular complexity index is 1150. The first-order valence-electron chi connectivity index (χ1n) is 7.33. The van der Waals surface area contributed by atoms with Gasteiger partial charge in [-0.2, -0.15) is 0 Å². The van der Waals surface area contributed by atoms with Crippen LogP contribution in [0.1, 0.15) is 16.1 Å². The highest BCUT2D eigenvalue weighted by Gasteiger charge is 2.18. The highest BCUT2D eigenvalue weighted by Crippen LogP contribution is 2.23. The van der Waals surface area contributed by atoms with E-state index >= 15 is 0 Å². The number of aromatic nitrogens is 2. The van der Waals surface area contributed by atoms with Crippen LogP contribution in [0.3, 0.4) is 0 Å². The van der Waals surface area contributed by atoms with Gasteiger partial charge in [-0.1, -0.05) is 29.3 Å². The summed E-state index contributed by atoms with van der Waals surface area (Å²) in [6, 6.07) is 5.88. The predicted octanol–water partition coefficient (Wildman–Crippen LogP) is 2.31.